The molecule has 5 heteroatoms. The number of hydrazine groups is 1. The minimum absolute atomic E-state index is 0.251. The SMILES string of the molecule is COc1ccc(/C=N/C(=S)NN)cc1. The molecule has 0 aliphatic rings. The van der Waals surface area contributed by atoms with Gasteiger partial charge in [0.25, 0.3) is 0 Å². The van der Waals surface area contributed by atoms with E-state index in [0.717, 1.165) is 11.3 Å². The fourth-order valence-corrected chi connectivity index (χ4v) is 0.913. The molecular weight excluding hydrogens is 198 g/mol. The van der Waals surface area contributed by atoms with Gasteiger partial charge in [0.15, 0.2) is 0 Å². The number of nitrogens with one attached hydrogen (secondary N) is 1. The van der Waals surface area contributed by atoms with Crippen molar-refractivity contribution in [1.29, 1.82) is 0 Å². The summed E-state index contributed by atoms with van der Waals surface area (Å²) in [5, 5.41) is 0.251. The molecule has 0 spiro atoms. The molecule has 0 saturated carbocycles. The third-order valence-corrected chi connectivity index (χ3v) is 1.79. The summed E-state index contributed by atoms with van der Waals surface area (Å²) in [7, 11) is 1.62. The van der Waals surface area contributed by atoms with Gasteiger partial charge in [0.2, 0.25) is 5.11 Å². The van der Waals surface area contributed by atoms with Crippen LogP contribution in [0.25, 0.3) is 0 Å². The van der Waals surface area contributed by atoms with Gasteiger partial charge in [-0.1, -0.05) is 0 Å². The van der Waals surface area contributed by atoms with Crippen molar-refractivity contribution in [2.24, 2.45) is 10.8 Å². The van der Waals surface area contributed by atoms with Crippen molar-refractivity contribution in [3.63, 3.8) is 0 Å². The first-order chi connectivity index (χ1) is 6.76. The first kappa shape index (κ1) is 10.6. The summed E-state index contributed by atoms with van der Waals surface area (Å²) in [6, 6.07) is 7.45. The van der Waals surface area contributed by atoms with E-state index in [2.05, 4.69) is 10.4 Å². The van der Waals surface area contributed by atoms with E-state index in [-0.39, 0.29) is 5.11 Å². The maximum atomic E-state index is 5.06. The van der Waals surface area contributed by atoms with Crippen LogP contribution in [0.1, 0.15) is 5.56 Å². The number of methoxy groups -OCH3 is 1. The Morgan fingerprint density at radius 3 is 2.64 bits per heavy atom. The number of nitrogens with two attached hydrogens (primary N) is 1. The second-order valence-corrected chi connectivity index (χ2v) is 2.87. The topological polar surface area (TPSA) is 59.6 Å². The lowest BCUT2D eigenvalue weighted by molar-refractivity contribution is 0.415. The molecule has 0 radical (unpaired) electrons. The van der Waals surface area contributed by atoms with Gasteiger partial charge in [-0.15, -0.1) is 0 Å². The smallest absolute Gasteiger partial charge is 0.207 e. The number of nitrogens with zero attached hydrogens (tertiary/aromatic N) is 1. The highest BCUT2D eigenvalue weighted by molar-refractivity contribution is 7.80. The molecule has 74 valence electrons. The molecule has 0 fully saturated rings. The largest absolute Gasteiger partial charge is 0.497 e. The van der Waals surface area contributed by atoms with Gasteiger partial charge in [-0.25, -0.2) is 10.8 Å². The van der Waals surface area contributed by atoms with Gasteiger partial charge in [-0.3, -0.25) is 5.43 Å². The van der Waals surface area contributed by atoms with E-state index in [1.165, 1.54) is 0 Å². The number of hydrogen-bond donors (Lipinski definition) is 2. The van der Waals surface area contributed by atoms with Crippen molar-refractivity contribution in [2.75, 3.05) is 7.11 Å². The van der Waals surface area contributed by atoms with Gasteiger partial charge in [0.05, 0.1) is 7.11 Å². The lowest BCUT2D eigenvalue weighted by Crippen LogP contribution is -2.26. The number of benzene rings is 1. The average Bonchev–Trinajstić information content (AvgIpc) is 2.26. The van der Waals surface area contributed by atoms with Crippen LogP contribution >= 0.6 is 12.2 Å². The maximum Gasteiger partial charge on any atom is 0.207 e. The standard InChI is InChI=1S/C9H11N3OS/c1-13-8-4-2-7(3-5-8)6-11-9(14)12-10/h2-6H,10H2,1H3,(H,12,14)/b11-6+. The highest BCUT2D eigenvalue weighted by Crippen LogP contribution is 2.09. The van der Waals surface area contributed by atoms with E-state index in [0.29, 0.717) is 0 Å². The molecule has 0 aromatic heterocycles. The van der Waals surface area contributed by atoms with Gasteiger partial charge in [0, 0.05) is 6.21 Å². The van der Waals surface area contributed by atoms with Crippen molar-refractivity contribution < 1.29 is 4.74 Å². The van der Waals surface area contributed by atoms with Crippen LogP contribution in [0, 0.1) is 0 Å². The van der Waals surface area contributed by atoms with E-state index in [4.69, 9.17) is 22.8 Å². The molecule has 0 saturated heterocycles. The van der Waals surface area contributed by atoms with Crippen LogP contribution in [-0.4, -0.2) is 18.4 Å². The second-order valence-electron chi connectivity index (χ2n) is 2.48. The Morgan fingerprint density at radius 1 is 1.50 bits per heavy atom. The third-order valence-electron chi connectivity index (χ3n) is 1.57. The number of hydrogen-bond acceptors (Lipinski definition) is 3. The van der Waals surface area contributed by atoms with Gasteiger partial charge in [-0.2, -0.15) is 0 Å². The van der Waals surface area contributed by atoms with Crippen LogP contribution < -0.4 is 16.0 Å². The summed E-state index contributed by atoms with van der Waals surface area (Å²) in [6.07, 6.45) is 1.63. The summed E-state index contributed by atoms with van der Waals surface area (Å²) in [5.41, 5.74) is 3.20. The second kappa shape index (κ2) is 5.31. The van der Waals surface area contributed by atoms with Crippen LogP contribution in [-0.2, 0) is 0 Å². The molecule has 0 amide bonds. The molecule has 3 N–H and O–H groups in total. The normalized spacial score (nSPS) is 10.1. The highest BCUT2D eigenvalue weighted by atomic mass is 32.1. The van der Waals surface area contributed by atoms with E-state index in [1.807, 2.05) is 24.3 Å². The van der Waals surface area contributed by atoms with Gasteiger partial charge in [0.1, 0.15) is 5.75 Å². The van der Waals surface area contributed by atoms with Gasteiger partial charge >= 0.3 is 0 Å². The Labute approximate surface area is 87.8 Å². The zero-order valence-corrected chi connectivity index (χ0v) is 8.54. The van der Waals surface area contributed by atoms with Crippen LogP contribution in [0.2, 0.25) is 0 Å². The molecule has 0 atom stereocenters. The molecule has 0 aliphatic carbocycles. The summed E-state index contributed by atoms with van der Waals surface area (Å²) in [5.74, 6) is 5.86. The van der Waals surface area contributed by atoms with Gasteiger partial charge in [-0.05, 0) is 42.0 Å². The molecule has 4 nitrogen and oxygen atoms in total. The Kier molecular flexibility index (Phi) is 4.03. The molecule has 1 aromatic carbocycles. The Bertz CT molecular complexity index is 334. The predicted octanol–water partition coefficient (Wildman–Crippen LogP) is 0.862. The quantitative estimate of drug-likeness (QED) is 0.328. The highest BCUT2D eigenvalue weighted by Gasteiger charge is 1.91. The molecule has 0 heterocycles. The molecule has 0 bridgehead atoms. The summed E-state index contributed by atoms with van der Waals surface area (Å²) >= 11 is 4.74. The van der Waals surface area contributed by atoms with Crippen LogP contribution in [0.4, 0.5) is 0 Å². The van der Waals surface area contributed by atoms with Crippen molar-refractivity contribution in [1.82, 2.24) is 5.43 Å². The Morgan fingerprint density at radius 2 is 2.14 bits per heavy atom. The number of ether oxygens (including phenoxy) is 1. The minimum atomic E-state index is 0.251. The molecule has 14 heavy (non-hydrogen) atoms. The van der Waals surface area contributed by atoms with Crippen LogP contribution in [0.3, 0.4) is 0 Å². The summed E-state index contributed by atoms with van der Waals surface area (Å²) in [6.45, 7) is 0. The third kappa shape index (κ3) is 3.12. The first-order valence-corrected chi connectivity index (χ1v) is 4.36. The van der Waals surface area contributed by atoms with Crippen molar-refractivity contribution in [3.8, 4) is 5.75 Å². The van der Waals surface area contributed by atoms with E-state index < -0.39 is 0 Å². The van der Waals surface area contributed by atoms with E-state index in [9.17, 15) is 0 Å². The molecule has 1 aromatic rings. The van der Waals surface area contributed by atoms with Crippen LogP contribution in [0.5, 0.6) is 5.75 Å². The summed E-state index contributed by atoms with van der Waals surface area (Å²) in [4.78, 5) is 3.90. The number of aliphatic imine (C=N–C) groups is 1. The average molecular weight is 209 g/mol. The monoisotopic (exact) mass is 209 g/mol. The van der Waals surface area contributed by atoms with Crippen molar-refractivity contribution in [2.45, 2.75) is 0 Å². The lowest BCUT2D eigenvalue weighted by Gasteiger charge is -1.98. The fraction of sp³-hybridized carbons (Fsp3) is 0.111. The number of thiocarbonyl (C=S) groups is 1. The molecule has 0 unspecified atom stereocenters. The van der Waals surface area contributed by atoms with E-state index in [1.54, 1.807) is 13.3 Å². The molecule has 0 aliphatic heterocycles. The molecule has 1 rings (SSSR count). The van der Waals surface area contributed by atoms with Crippen molar-refractivity contribution in [3.05, 3.63) is 29.8 Å². The van der Waals surface area contributed by atoms with Crippen LogP contribution in [0.15, 0.2) is 29.3 Å². The Hall–Kier alpha value is -1.46. The van der Waals surface area contributed by atoms with Crippen molar-refractivity contribution >= 4 is 23.5 Å². The van der Waals surface area contributed by atoms with E-state index >= 15 is 0 Å². The number of rotatable bonds is 2. The zero-order chi connectivity index (χ0) is 10.4. The fourth-order valence-electron chi connectivity index (χ4n) is 0.860. The summed E-state index contributed by atoms with van der Waals surface area (Å²) < 4.78 is 5.01. The molecular formula is C9H11N3OS. The minimum Gasteiger partial charge on any atom is -0.497 e. The zero-order valence-electron chi connectivity index (χ0n) is 7.73. The Balaban J connectivity index is 2.68. The maximum absolute atomic E-state index is 5.06. The predicted molar refractivity (Wildman–Crippen MR) is 60.5 cm³/mol. The first-order valence-electron chi connectivity index (χ1n) is 3.95. The van der Waals surface area contributed by atoms with Gasteiger partial charge < -0.3 is 4.74 Å². The lowest BCUT2D eigenvalue weighted by atomic mass is 10.2.